The molecule has 0 fully saturated rings. The van der Waals surface area contributed by atoms with Crippen molar-refractivity contribution >= 4 is 44.4 Å². The molecular weight excluding hydrogens is 370 g/mol. The van der Waals surface area contributed by atoms with Gasteiger partial charge in [0.05, 0.1) is 27.0 Å². The molecule has 5 rings (SSSR count). The molecule has 5 nitrogen and oxygen atoms in total. The van der Waals surface area contributed by atoms with Gasteiger partial charge < -0.3 is 15.4 Å². The molecule has 0 unspecified atom stereocenters. The fourth-order valence-electron chi connectivity index (χ4n) is 3.14. The standard InChI is InChI=1S/C22H15N3O2S/c26-22-17(20-18(25-22)10-11-19-21(20)28-13-24-19)12-23-14-6-8-16(9-7-14)27-15-4-2-1-3-5-15/h1-13,23H,(H,25,26). The molecule has 28 heavy (non-hydrogen) atoms. The first-order valence-corrected chi connectivity index (χ1v) is 9.63. The van der Waals surface area contributed by atoms with Crippen molar-refractivity contribution < 1.29 is 9.53 Å². The second kappa shape index (κ2) is 6.83. The highest BCUT2D eigenvalue weighted by molar-refractivity contribution is 7.17. The minimum Gasteiger partial charge on any atom is -0.457 e. The molecule has 0 aliphatic carbocycles. The summed E-state index contributed by atoms with van der Waals surface area (Å²) in [5, 5.41) is 6.13. The summed E-state index contributed by atoms with van der Waals surface area (Å²) in [6, 6.07) is 21.1. The number of carbonyl (C=O) groups excluding carboxylic acids is 1. The smallest absolute Gasteiger partial charge is 0.257 e. The van der Waals surface area contributed by atoms with Crippen LogP contribution in [0.3, 0.4) is 0 Å². The van der Waals surface area contributed by atoms with Gasteiger partial charge >= 0.3 is 0 Å². The summed E-state index contributed by atoms with van der Waals surface area (Å²) >= 11 is 1.53. The molecule has 0 saturated heterocycles. The van der Waals surface area contributed by atoms with Gasteiger partial charge in [-0.05, 0) is 48.5 Å². The van der Waals surface area contributed by atoms with Gasteiger partial charge in [0, 0.05) is 17.5 Å². The van der Waals surface area contributed by atoms with E-state index in [4.69, 9.17) is 4.74 Å². The predicted octanol–water partition coefficient (Wildman–Crippen LogP) is 5.49. The van der Waals surface area contributed by atoms with Crippen LogP contribution in [-0.4, -0.2) is 10.9 Å². The SMILES string of the molecule is O=C1Nc2ccc3ncsc3c2C1=CNc1ccc(Oc2ccccc2)cc1. The molecular formula is C22H15N3O2S. The van der Waals surface area contributed by atoms with Crippen LogP contribution in [0.15, 0.2) is 78.4 Å². The van der Waals surface area contributed by atoms with Crippen molar-refractivity contribution in [2.24, 2.45) is 0 Å². The van der Waals surface area contributed by atoms with Crippen molar-refractivity contribution in [3.8, 4) is 11.5 Å². The Kier molecular flexibility index (Phi) is 4.03. The third kappa shape index (κ3) is 3.00. The van der Waals surface area contributed by atoms with Crippen LogP contribution in [0.5, 0.6) is 11.5 Å². The lowest BCUT2D eigenvalue weighted by molar-refractivity contribution is -0.110. The van der Waals surface area contributed by atoms with E-state index in [0.717, 1.165) is 38.7 Å². The second-order valence-corrected chi connectivity index (χ2v) is 7.14. The molecule has 136 valence electrons. The largest absolute Gasteiger partial charge is 0.457 e. The molecule has 1 aromatic heterocycles. The summed E-state index contributed by atoms with van der Waals surface area (Å²) in [6.45, 7) is 0. The molecule has 4 aromatic rings. The number of para-hydroxylation sites is 1. The van der Waals surface area contributed by atoms with E-state index < -0.39 is 0 Å². The van der Waals surface area contributed by atoms with Crippen LogP contribution in [0.25, 0.3) is 15.8 Å². The topological polar surface area (TPSA) is 63.2 Å². The number of ether oxygens (including phenoxy) is 1. The first-order chi connectivity index (χ1) is 13.8. The van der Waals surface area contributed by atoms with Crippen molar-refractivity contribution in [1.82, 2.24) is 4.98 Å². The van der Waals surface area contributed by atoms with Gasteiger partial charge in [-0.2, -0.15) is 0 Å². The molecule has 0 radical (unpaired) electrons. The summed E-state index contributed by atoms with van der Waals surface area (Å²) in [7, 11) is 0. The molecule has 0 spiro atoms. The quantitative estimate of drug-likeness (QED) is 0.456. The zero-order valence-corrected chi connectivity index (χ0v) is 15.5. The Morgan fingerprint density at radius 1 is 0.964 bits per heavy atom. The number of thiazole rings is 1. The summed E-state index contributed by atoms with van der Waals surface area (Å²) in [5.41, 5.74) is 5.89. The first kappa shape index (κ1) is 16.5. The summed E-state index contributed by atoms with van der Waals surface area (Å²) in [6.07, 6.45) is 1.74. The number of aromatic nitrogens is 1. The summed E-state index contributed by atoms with van der Waals surface area (Å²) in [4.78, 5) is 16.8. The van der Waals surface area contributed by atoms with Crippen LogP contribution in [0.1, 0.15) is 5.56 Å². The van der Waals surface area contributed by atoms with Gasteiger partial charge in [-0.25, -0.2) is 4.98 Å². The minimum atomic E-state index is -0.118. The molecule has 3 aromatic carbocycles. The number of hydrogen-bond acceptors (Lipinski definition) is 5. The van der Waals surface area contributed by atoms with Crippen LogP contribution in [0.2, 0.25) is 0 Å². The molecule has 0 bridgehead atoms. The third-order valence-corrected chi connectivity index (χ3v) is 5.34. The molecule has 1 amide bonds. The van der Waals surface area contributed by atoms with E-state index in [1.807, 2.05) is 66.7 Å². The molecule has 2 N–H and O–H groups in total. The van der Waals surface area contributed by atoms with Crippen LogP contribution >= 0.6 is 11.3 Å². The lowest BCUT2D eigenvalue weighted by Crippen LogP contribution is -2.05. The number of carbonyl (C=O) groups is 1. The summed E-state index contributed by atoms with van der Waals surface area (Å²) in [5.74, 6) is 1.42. The van der Waals surface area contributed by atoms with E-state index in [-0.39, 0.29) is 5.91 Å². The number of fused-ring (bicyclic) bond motifs is 3. The molecule has 6 heteroatoms. The van der Waals surface area contributed by atoms with Crippen LogP contribution < -0.4 is 15.4 Å². The predicted molar refractivity (Wildman–Crippen MR) is 113 cm³/mol. The van der Waals surface area contributed by atoms with Crippen molar-refractivity contribution in [2.45, 2.75) is 0 Å². The zero-order valence-electron chi connectivity index (χ0n) is 14.7. The molecule has 1 aliphatic rings. The van der Waals surface area contributed by atoms with Crippen molar-refractivity contribution in [2.75, 3.05) is 10.6 Å². The number of hydrogen-bond donors (Lipinski definition) is 2. The maximum atomic E-state index is 12.4. The average Bonchev–Trinajstić information content (AvgIpc) is 3.32. The van der Waals surface area contributed by atoms with Crippen LogP contribution in [0, 0.1) is 0 Å². The second-order valence-electron chi connectivity index (χ2n) is 6.28. The Morgan fingerprint density at radius 2 is 1.75 bits per heavy atom. The normalized spacial score (nSPS) is 14.1. The van der Waals surface area contributed by atoms with E-state index in [2.05, 4.69) is 15.6 Å². The van der Waals surface area contributed by atoms with Gasteiger partial charge in [0.1, 0.15) is 11.5 Å². The molecule has 0 saturated carbocycles. The van der Waals surface area contributed by atoms with E-state index in [9.17, 15) is 4.79 Å². The highest BCUT2D eigenvalue weighted by Crippen LogP contribution is 2.39. The molecule has 0 atom stereocenters. The van der Waals surface area contributed by atoms with E-state index in [1.165, 1.54) is 11.3 Å². The molecule has 2 heterocycles. The maximum Gasteiger partial charge on any atom is 0.257 e. The average molecular weight is 385 g/mol. The van der Waals surface area contributed by atoms with Crippen molar-refractivity contribution in [3.63, 3.8) is 0 Å². The maximum absolute atomic E-state index is 12.4. The monoisotopic (exact) mass is 385 g/mol. The highest BCUT2D eigenvalue weighted by Gasteiger charge is 2.27. The number of benzene rings is 3. The van der Waals surface area contributed by atoms with Gasteiger partial charge in [0.25, 0.3) is 5.91 Å². The number of amides is 1. The number of rotatable bonds is 4. The lowest BCUT2D eigenvalue weighted by atomic mass is 10.1. The van der Waals surface area contributed by atoms with E-state index in [0.29, 0.717) is 5.57 Å². The van der Waals surface area contributed by atoms with Gasteiger partial charge in [0.15, 0.2) is 0 Å². The first-order valence-electron chi connectivity index (χ1n) is 8.75. The van der Waals surface area contributed by atoms with E-state index in [1.54, 1.807) is 11.7 Å². The number of nitrogens with one attached hydrogen (secondary N) is 2. The van der Waals surface area contributed by atoms with Gasteiger partial charge in [-0.1, -0.05) is 18.2 Å². The zero-order chi connectivity index (χ0) is 18.9. The lowest BCUT2D eigenvalue weighted by Gasteiger charge is -2.07. The van der Waals surface area contributed by atoms with Crippen LogP contribution in [0.4, 0.5) is 11.4 Å². The fourth-order valence-corrected chi connectivity index (χ4v) is 3.99. The Hall–Kier alpha value is -3.64. The van der Waals surface area contributed by atoms with E-state index >= 15 is 0 Å². The Bertz CT molecular complexity index is 1200. The highest BCUT2D eigenvalue weighted by atomic mass is 32.1. The van der Waals surface area contributed by atoms with Gasteiger partial charge in [-0.3, -0.25) is 4.79 Å². The fraction of sp³-hybridized carbons (Fsp3) is 0. The number of nitrogens with zero attached hydrogens (tertiary/aromatic N) is 1. The minimum absolute atomic E-state index is 0.118. The summed E-state index contributed by atoms with van der Waals surface area (Å²) < 4.78 is 6.81. The van der Waals surface area contributed by atoms with Gasteiger partial charge in [0.2, 0.25) is 0 Å². The number of anilines is 2. The van der Waals surface area contributed by atoms with Gasteiger partial charge in [-0.15, -0.1) is 11.3 Å². The van der Waals surface area contributed by atoms with Crippen LogP contribution in [-0.2, 0) is 4.79 Å². The van der Waals surface area contributed by atoms with Crippen molar-refractivity contribution in [1.29, 1.82) is 0 Å². The Labute approximate surface area is 165 Å². The Morgan fingerprint density at radius 3 is 2.57 bits per heavy atom. The third-order valence-electron chi connectivity index (χ3n) is 4.48. The Balaban J connectivity index is 1.38. The molecule has 1 aliphatic heterocycles. The van der Waals surface area contributed by atoms with Crippen molar-refractivity contribution in [3.05, 3.63) is 84.0 Å².